The maximum Gasteiger partial charge on any atom is 0.341 e. The number of hydrogen-bond acceptors (Lipinski definition) is 6. The van der Waals surface area contributed by atoms with Crippen LogP contribution in [0.2, 0.25) is 0 Å². The van der Waals surface area contributed by atoms with Gasteiger partial charge in [-0.05, 0) is 64.0 Å². The number of carboxylic acid groups (broad SMARTS) is 1. The second kappa shape index (κ2) is 8.15. The summed E-state index contributed by atoms with van der Waals surface area (Å²) in [5.74, 6) is -2.58. The van der Waals surface area contributed by atoms with Crippen LogP contribution in [0.1, 0.15) is 5.56 Å². The predicted octanol–water partition coefficient (Wildman–Crippen LogP) is 2.28. The summed E-state index contributed by atoms with van der Waals surface area (Å²) >= 11 is 3.24. The van der Waals surface area contributed by atoms with Crippen LogP contribution in [-0.2, 0) is 14.4 Å². The SMILES string of the molecule is O=C(O)COc1ccc(/C=C2/C(=O)NC(=O)N(c3ccc(O)cc3)C2=O)cc1Br. The highest BCUT2D eigenvalue weighted by atomic mass is 79.9. The van der Waals surface area contributed by atoms with Gasteiger partial charge in [0.1, 0.15) is 17.1 Å². The zero-order valence-corrected chi connectivity index (χ0v) is 16.2. The van der Waals surface area contributed by atoms with Crippen molar-refractivity contribution in [2.24, 2.45) is 0 Å². The molecule has 0 unspecified atom stereocenters. The number of carboxylic acids is 1. The van der Waals surface area contributed by atoms with Gasteiger partial charge in [-0.25, -0.2) is 14.5 Å². The summed E-state index contributed by atoms with van der Waals surface area (Å²) in [6, 6.07) is 8.99. The van der Waals surface area contributed by atoms with Crippen LogP contribution in [0.25, 0.3) is 6.08 Å². The first kappa shape index (κ1) is 20.1. The highest BCUT2D eigenvalue weighted by molar-refractivity contribution is 9.10. The standard InChI is InChI=1S/C19H13BrN2O7/c20-14-8-10(1-6-15(14)29-9-16(24)25)7-13-17(26)21-19(28)22(18(13)27)11-2-4-12(23)5-3-11/h1-8,23H,9H2,(H,24,25)(H,21,26,28)/b13-7-. The Morgan fingerprint density at radius 1 is 1.14 bits per heavy atom. The summed E-state index contributed by atoms with van der Waals surface area (Å²) in [4.78, 5) is 48.5. The molecular formula is C19H13BrN2O7. The van der Waals surface area contributed by atoms with Crippen molar-refractivity contribution < 1.29 is 34.1 Å². The molecule has 0 aliphatic carbocycles. The van der Waals surface area contributed by atoms with E-state index in [9.17, 15) is 24.3 Å². The van der Waals surface area contributed by atoms with Gasteiger partial charge in [-0.3, -0.25) is 14.9 Å². The summed E-state index contributed by atoms with van der Waals surface area (Å²) in [7, 11) is 0. The van der Waals surface area contributed by atoms with Crippen molar-refractivity contribution in [3.8, 4) is 11.5 Å². The molecule has 1 aliphatic rings. The molecule has 0 saturated carbocycles. The van der Waals surface area contributed by atoms with E-state index in [1.54, 1.807) is 0 Å². The zero-order valence-electron chi connectivity index (χ0n) is 14.6. The molecule has 4 amide bonds. The number of anilines is 1. The van der Waals surface area contributed by atoms with Gasteiger partial charge in [0, 0.05) is 0 Å². The molecule has 0 spiro atoms. The number of phenols is 1. The quantitative estimate of drug-likeness (QED) is 0.460. The molecule has 3 rings (SSSR count). The Kier molecular flexibility index (Phi) is 5.64. The van der Waals surface area contributed by atoms with E-state index in [1.165, 1.54) is 48.5 Å². The number of benzene rings is 2. The second-order valence-electron chi connectivity index (χ2n) is 5.85. The topological polar surface area (TPSA) is 133 Å². The highest BCUT2D eigenvalue weighted by Gasteiger charge is 2.36. The van der Waals surface area contributed by atoms with Crippen molar-refractivity contribution in [3.63, 3.8) is 0 Å². The third-order valence-electron chi connectivity index (χ3n) is 3.83. The normalized spacial score (nSPS) is 15.4. The van der Waals surface area contributed by atoms with E-state index >= 15 is 0 Å². The molecule has 10 heteroatoms. The van der Waals surface area contributed by atoms with E-state index in [1.807, 2.05) is 0 Å². The van der Waals surface area contributed by atoms with Gasteiger partial charge in [-0.1, -0.05) is 6.07 Å². The van der Waals surface area contributed by atoms with Crippen LogP contribution in [0.4, 0.5) is 10.5 Å². The van der Waals surface area contributed by atoms with Gasteiger partial charge in [0.2, 0.25) is 0 Å². The lowest BCUT2D eigenvalue weighted by Gasteiger charge is -2.26. The monoisotopic (exact) mass is 460 g/mol. The Morgan fingerprint density at radius 2 is 1.83 bits per heavy atom. The number of rotatable bonds is 5. The number of urea groups is 1. The number of amides is 4. The Bertz CT molecular complexity index is 1050. The lowest BCUT2D eigenvalue weighted by atomic mass is 10.1. The highest BCUT2D eigenvalue weighted by Crippen LogP contribution is 2.28. The minimum Gasteiger partial charge on any atom is -0.508 e. The van der Waals surface area contributed by atoms with Crippen molar-refractivity contribution in [3.05, 3.63) is 58.1 Å². The van der Waals surface area contributed by atoms with Crippen LogP contribution in [0.15, 0.2) is 52.5 Å². The van der Waals surface area contributed by atoms with Crippen LogP contribution in [0.3, 0.4) is 0 Å². The van der Waals surface area contributed by atoms with E-state index in [0.717, 1.165) is 4.90 Å². The first-order valence-corrected chi connectivity index (χ1v) is 8.90. The molecule has 0 bridgehead atoms. The average molecular weight is 461 g/mol. The molecule has 29 heavy (non-hydrogen) atoms. The number of barbiturate groups is 1. The van der Waals surface area contributed by atoms with E-state index < -0.39 is 30.4 Å². The van der Waals surface area contributed by atoms with Crippen molar-refractivity contribution in [1.29, 1.82) is 0 Å². The lowest BCUT2D eigenvalue weighted by molar-refractivity contribution is -0.139. The number of phenolic OH excluding ortho intramolecular Hbond substituents is 1. The minimum absolute atomic E-state index is 0.0412. The summed E-state index contributed by atoms with van der Waals surface area (Å²) in [6.07, 6.45) is 1.29. The van der Waals surface area contributed by atoms with Gasteiger partial charge in [-0.2, -0.15) is 0 Å². The average Bonchev–Trinajstić information content (AvgIpc) is 2.65. The van der Waals surface area contributed by atoms with E-state index in [4.69, 9.17) is 9.84 Å². The fourth-order valence-corrected chi connectivity index (χ4v) is 3.03. The number of ether oxygens (including phenoxy) is 1. The summed E-state index contributed by atoms with van der Waals surface area (Å²) in [6.45, 7) is -0.524. The van der Waals surface area contributed by atoms with Crippen LogP contribution in [-0.4, -0.2) is 40.6 Å². The van der Waals surface area contributed by atoms with Crippen molar-refractivity contribution in [2.75, 3.05) is 11.5 Å². The Hall–Kier alpha value is -3.66. The number of nitrogens with one attached hydrogen (secondary N) is 1. The van der Waals surface area contributed by atoms with Gasteiger partial charge < -0.3 is 14.9 Å². The smallest absolute Gasteiger partial charge is 0.341 e. The zero-order chi connectivity index (χ0) is 21.1. The molecule has 2 aromatic rings. The van der Waals surface area contributed by atoms with Gasteiger partial charge in [-0.15, -0.1) is 0 Å². The van der Waals surface area contributed by atoms with Crippen LogP contribution in [0.5, 0.6) is 11.5 Å². The lowest BCUT2D eigenvalue weighted by Crippen LogP contribution is -2.54. The molecule has 1 saturated heterocycles. The minimum atomic E-state index is -1.13. The number of hydrogen-bond donors (Lipinski definition) is 3. The van der Waals surface area contributed by atoms with Gasteiger partial charge in [0.15, 0.2) is 6.61 Å². The first-order valence-electron chi connectivity index (χ1n) is 8.11. The molecule has 0 aromatic heterocycles. The Morgan fingerprint density at radius 3 is 2.45 bits per heavy atom. The van der Waals surface area contributed by atoms with Crippen molar-refractivity contribution in [1.82, 2.24) is 5.32 Å². The Labute approximate surface area is 172 Å². The first-order chi connectivity index (χ1) is 13.8. The largest absolute Gasteiger partial charge is 0.508 e. The predicted molar refractivity (Wildman–Crippen MR) is 104 cm³/mol. The maximum atomic E-state index is 12.8. The number of aromatic hydroxyl groups is 1. The molecule has 9 nitrogen and oxygen atoms in total. The number of carbonyl (C=O) groups is 4. The molecule has 2 aromatic carbocycles. The van der Waals surface area contributed by atoms with Crippen LogP contribution >= 0.6 is 15.9 Å². The molecule has 1 aliphatic heterocycles. The number of nitrogens with zero attached hydrogens (tertiary/aromatic N) is 1. The third-order valence-corrected chi connectivity index (χ3v) is 4.45. The summed E-state index contributed by atoms with van der Waals surface area (Å²) in [5, 5.41) is 20.1. The summed E-state index contributed by atoms with van der Waals surface area (Å²) < 4.78 is 5.52. The van der Waals surface area contributed by atoms with E-state index in [2.05, 4.69) is 21.2 Å². The second-order valence-corrected chi connectivity index (χ2v) is 6.70. The molecule has 0 radical (unpaired) electrons. The molecule has 148 valence electrons. The van der Waals surface area contributed by atoms with E-state index in [0.29, 0.717) is 10.0 Å². The molecular weight excluding hydrogens is 448 g/mol. The maximum absolute atomic E-state index is 12.8. The van der Waals surface area contributed by atoms with Crippen LogP contribution < -0.4 is 15.0 Å². The third kappa shape index (κ3) is 4.43. The number of carbonyl (C=O) groups excluding carboxylic acids is 3. The Balaban J connectivity index is 1.91. The summed E-state index contributed by atoms with van der Waals surface area (Å²) in [5.41, 5.74) is 0.351. The molecule has 0 atom stereocenters. The molecule has 3 N–H and O–H groups in total. The van der Waals surface area contributed by atoms with Crippen LogP contribution in [0, 0.1) is 0 Å². The molecule has 1 heterocycles. The van der Waals surface area contributed by atoms with Crippen molar-refractivity contribution in [2.45, 2.75) is 0 Å². The van der Waals surface area contributed by atoms with Gasteiger partial charge in [0.25, 0.3) is 11.8 Å². The van der Waals surface area contributed by atoms with Crippen molar-refractivity contribution >= 4 is 51.5 Å². The van der Waals surface area contributed by atoms with E-state index in [-0.39, 0.29) is 22.8 Å². The number of imide groups is 2. The van der Waals surface area contributed by atoms with Gasteiger partial charge in [0.05, 0.1) is 10.2 Å². The van der Waals surface area contributed by atoms with Gasteiger partial charge >= 0.3 is 12.0 Å². The fourth-order valence-electron chi connectivity index (χ4n) is 2.52. The number of halogens is 1. The fraction of sp³-hybridized carbons (Fsp3) is 0.0526. The number of aliphatic carboxylic acids is 1. The molecule has 1 fully saturated rings.